The Morgan fingerprint density at radius 2 is 2.00 bits per heavy atom. The summed E-state index contributed by atoms with van der Waals surface area (Å²) in [5, 5.41) is 0. The van der Waals surface area contributed by atoms with E-state index in [1.807, 2.05) is 0 Å². The van der Waals surface area contributed by atoms with Crippen molar-refractivity contribution in [1.29, 1.82) is 0 Å². The van der Waals surface area contributed by atoms with Gasteiger partial charge in [0.1, 0.15) is 0 Å². The molecular formula is C14H18NY-. The molecule has 0 atom stereocenters. The van der Waals surface area contributed by atoms with Crippen LogP contribution in [0.5, 0.6) is 0 Å². The molecule has 0 N–H and O–H groups in total. The standard InChI is InChI=1S/C14H18N.Y/c1-9(2)12-8-11-4-3-5-13(11)15-14(12)10-6-7-10;/h9-10H,3-7H2,1-2H3;/q-1;. The summed E-state index contributed by atoms with van der Waals surface area (Å²) >= 11 is 0. The molecule has 1 aromatic heterocycles. The molecule has 2 aliphatic carbocycles. The Kier molecular flexibility index (Phi) is 3.86. The molecule has 1 nitrogen and oxygen atoms in total. The molecule has 1 aromatic rings. The third-order valence-electron chi connectivity index (χ3n) is 3.55. The number of fused-ring (bicyclic) bond motifs is 1. The molecule has 0 saturated heterocycles. The van der Waals surface area contributed by atoms with Gasteiger partial charge in [0.25, 0.3) is 0 Å². The molecule has 0 spiro atoms. The van der Waals surface area contributed by atoms with Crippen molar-refractivity contribution >= 4 is 0 Å². The van der Waals surface area contributed by atoms with E-state index in [2.05, 4.69) is 19.9 Å². The minimum Gasteiger partial charge on any atom is -0.383 e. The summed E-state index contributed by atoms with van der Waals surface area (Å²) in [4.78, 5) is 4.91. The maximum absolute atomic E-state index is 4.91. The molecule has 1 radical (unpaired) electrons. The fourth-order valence-corrected chi connectivity index (χ4v) is 2.53. The number of aryl methyl sites for hydroxylation is 2. The van der Waals surface area contributed by atoms with Gasteiger partial charge >= 0.3 is 0 Å². The largest absolute Gasteiger partial charge is 0.383 e. The molecule has 2 heteroatoms. The average molecular weight is 289 g/mol. The number of hydrogen-bond donors (Lipinski definition) is 0. The van der Waals surface area contributed by atoms with Crippen molar-refractivity contribution in [3.8, 4) is 0 Å². The van der Waals surface area contributed by atoms with Crippen molar-refractivity contribution in [2.24, 2.45) is 0 Å². The molecule has 83 valence electrons. The van der Waals surface area contributed by atoms with Gasteiger partial charge in [0.05, 0.1) is 0 Å². The quantitative estimate of drug-likeness (QED) is 0.761. The number of aromatic nitrogens is 1. The summed E-state index contributed by atoms with van der Waals surface area (Å²) in [7, 11) is 0. The van der Waals surface area contributed by atoms with E-state index in [-0.39, 0.29) is 32.7 Å². The van der Waals surface area contributed by atoms with Crippen LogP contribution in [-0.4, -0.2) is 4.98 Å². The first-order valence-corrected chi connectivity index (χ1v) is 6.20. The Balaban J connectivity index is 0.000000963. The second-order valence-corrected chi connectivity index (χ2v) is 5.24. The predicted octanol–water partition coefficient (Wildman–Crippen LogP) is 3.37. The second-order valence-electron chi connectivity index (χ2n) is 5.24. The van der Waals surface area contributed by atoms with Gasteiger partial charge in [0.15, 0.2) is 0 Å². The van der Waals surface area contributed by atoms with Crippen molar-refractivity contribution in [2.75, 3.05) is 0 Å². The van der Waals surface area contributed by atoms with E-state index in [4.69, 9.17) is 4.98 Å². The van der Waals surface area contributed by atoms with E-state index < -0.39 is 0 Å². The molecule has 1 heterocycles. The summed E-state index contributed by atoms with van der Waals surface area (Å²) in [5.41, 5.74) is 5.54. The second kappa shape index (κ2) is 4.86. The molecule has 0 aliphatic heterocycles. The van der Waals surface area contributed by atoms with Crippen molar-refractivity contribution in [3.63, 3.8) is 0 Å². The topological polar surface area (TPSA) is 12.9 Å². The fourth-order valence-electron chi connectivity index (χ4n) is 2.53. The summed E-state index contributed by atoms with van der Waals surface area (Å²) in [6.45, 7) is 4.53. The molecule has 1 fully saturated rings. The number of rotatable bonds is 2. The van der Waals surface area contributed by atoms with Gasteiger partial charge in [-0.2, -0.15) is 6.07 Å². The van der Waals surface area contributed by atoms with E-state index in [0.29, 0.717) is 5.92 Å². The number of nitrogens with zero attached hydrogens (tertiary/aromatic N) is 1. The Labute approximate surface area is 123 Å². The third kappa shape index (κ3) is 2.26. The van der Waals surface area contributed by atoms with E-state index in [0.717, 1.165) is 5.92 Å². The van der Waals surface area contributed by atoms with Crippen LogP contribution >= 0.6 is 0 Å². The van der Waals surface area contributed by atoms with Gasteiger partial charge in [-0.15, -0.1) is 11.1 Å². The monoisotopic (exact) mass is 289 g/mol. The zero-order chi connectivity index (χ0) is 10.4. The Bertz CT molecular complexity index is 365. The number of hydrogen-bond acceptors (Lipinski definition) is 1. The zero-order valence-corrected chi connectivity index (χ0v) is 13.1. The van der Waals surface area contributed by atoms with Crippen LogP contribution in [0.2, 0.25) is 0 Å². The van der Waals surface area contributed by atoms with Gasteiger partial charge in [-0.1, -0.05) is 50.9 Å². The molecule has 2 aliphatic rings. The Hall–Kier alpha value is 0.254. The van der Waals surface area contributed by atoms with Crippen LogP contribution in [0.3, 0.4) is 0 Å². The maximum Gasteiger partial charge on any atom is 0 e. The van der Waals surface area contributed by atoms with Crippen LogP contribution in [-0.2, 0) is 45.6 Å². The third-order valence-corrected chi connectivity index (χ3v) is 3.55. The van der Waals surface area contributed by atoms with Gasteiger partial charge in [-0.25, -0.2) is 0 Å². The smallest absolute Gasteiger partial charge is 0 e. The summed E-state index contributed by atoms with van der Waals surface area (Å²) in [5.74, 6) is 1.35. The average Bonchev–Trinajstić information content (AvgIpc) is 2.95. The van der Waals surface area contributed by atoms with Gasteiger partial charge in [0, 0.05) is 32.7 Å². The molecule has 0 amide bonds. The summed E-state index contributed by atoms with van der Waals surface area (Å²) in [6, 6.07) is 3.65. The number of pyridine rings is 1. The van der Waals surface area contributed by atoms with E-state index in [9.17, 15) is 0 Å². The van der Waals surface area contributed by atoms with Crippen LogP contribution in [0.4, 0.5) is 0 Å². The van der Waals surface area contributed by atoms with Crippen molar-refractivity contribution in [3.05, 3.63) is 28.6 Å². The molecule has 0 aromatic carbocycles. The minimum absolute atomic E-state index is 0. The predicted molar refractivity (Wildman–Crippen MR) is 61.2 cm³/mol. The van der Waals surface area contributed by atoms with Crippen LogP contribution in [0.15, 0.2) is 0 Å². The maximum atomic E-state index is 4.91. The normalized spacial score (nSPS) is 18.4. The molecule has 16 heavy (non-hydrogen) atoms. The molecule has 1 saturated carbocycles. The van der Waals surface area contributed by atoms with Gasteiger partial charge in [-0.3, -0.25) is 0 Å². The van der Waals surface area contributed by atoms with Gasteiger partial charge in [-0.05, 0) is 18.3 Å². The fraction of sp³-hybridized carbons (Fsp3) is 0.643. The van der Waals surface area contributed by atoms with Crippen molar-refractivity contribution < 1.29 is 32.7 Å². The molecule has 0 unspecified atom stereocenters. The van der Waals surface area contributed by atoms with E-state index in [1.165, 1.54) is 54.6 Å². The van der Waals surface area contributed by atoms with Crippen molar-refractivity contribution in [1.82, 2.24) is 4.98 Å². The molecule has 0 bridgehead atoms. The van der Waals surface area contributed by atoms with Crippen LogP contribution in [0.1, 0.15) is 67.5 Å². The first kappa shape index (κ1) is 12.7. The first-order chi connectivity index (χ1) is 7.25. The van der Waals surface area contributed by atoms with Crippen LogP contribution in [0, 0.1) is 6.07 Å². The van der Waals surface area contributed by atoms with E-state index in [1.54, 1.807) is 0 Å². The molecular weight excluding hydrogens is 271 g/mol. The zero-order valence-electron chi connectivity index (χ0n) is 10.2. The Morgan fingerprint density at radius 1 is 1.25 bits per heavy atom. The van der Waals surface area contributed by atoms with Gasteiger partial charge < -0.3 is 4.98 Å². The summed E-state index contributed by atoms with van der Waals surface area (Å²) in [6.07, 6.45) is 6.36. The van der Waals surface area contributed by atoms with E-state index >= 15 is 0 Å². The Morgan fingerprint density at radius 3 is 2.62 bits per heavy atom. The first-order valence-electron chi connectivity index (χ1n) is 6.20. The summed E-state index contributed by atoms with van der Waals surface area (Å²) < 4.78 is 0. The SMILES string of the molecule is CC(C)c1[c-]c2c(nc1C1CC1)CCC2.[Y]. The van der Waals surface area contributed by atoms with Gasteiger partial charge in [0.2, 0.25) is 0 Å². The van der Waals surface area contributed by atoms with Crippen LogP contribution in [0.25, 0.3) is 0 Å². The van der Waals surface area contributed by atoms with Crippen molar-refractivity contribution in [2.45, 2.75) is 57.8 Å². The molecule has 3 rings (SSSR count). The minimum atomic E-state index is 0. The van der Waals surface area contributed by atoms with Crippen LogP contribution < -0.4 is 0 Å².